The first kappa shape index (κ1) is 15.5. The van der Waals surface area contributed by atoms with Crippen molar-refractivity contribution in [1.82, 2.24) is 4.98 Å². The van der Waals surface area contributed by atoms with Crippen LogP contribution in [0.5, 0.6) is 5.75 Å². The Balaban J connectivity index is 2.59. The lowest BCUT2D eigenvalue weighted by molar-refractivity contribution is 0.0520. The molecule has 5 nitrogen and oxygen atoms in total. The normalized spacial score (nSPS) is 10.4. The lowest BCUT2D eigenvalue weighted by Gasteiger charge is -2.09. The van der Waals surface area contributed by atoms with Crippen LogP contribution in [-0.4, -0.2) is 28.9 Å². The van der Waals surface area contributed by atoms with Gasteiger partial charge in [-0.15, -0.1) is 11.8 Å². The number of aromatic nitrogens is 1. The number of hydrogen-bond acceptors (Lipinski definition) is 7. The van der Waals surface area contributed by atoms with E-state index in [9.17, 15) is 9.90 Å². The number of benzene rings is 1. The standard InChI is InChI=1S/C14H14N2O3S2/c1-3-19-14(18)10-11(15)21-12(16-13(10)20-2)8-6-4-5-7-9(8)17/h4-7,15,17H,3H2,1-2H3. The van der Waals surface area contributed by atoms with Crippen molar-refractivity contribution in [2.75, 3.05) is 12.9 Å². The molecule has 0 radical (unpaired) electrons. The highest BCUT2D eigenvalue weighted by atomic mass is 32.2. The van der Waals surface area contributed by atoms with E-state index in [1.165, 1.54) is 11.8 Å². The van der Waals surface area contributed by atoms with Crippen LogP contribution in [0.4, 0.5) is 0 Å². The second-order valence-corrected chi connectivity index (χ2v) is 5.76. The Labute approximate surface area is 130 Å². The molecule has 0 amide bonds. The molecule has 0 aliphatic carbocycles. The van der Waals surface area contributed by atoms with Crippen molar-refractivity contribution in [1.29, 1.82) is 5.41 Å². The summed E-state index contributed by atoms with van der Waals surface area (Å²) in [6.45, 7) is 1.96. The minimum Gasteiger partial charge on any atom is -0.507 e. The molecule has 1 heterocycles. The zero-order chi connectivity index (χ0) is 15.4. The molecule has 0 fully saturated rings. The molecule has 0 saturated heterocycles. The average Bonchev–Trinajstić information content (AvgIpc) is 2.46. The maximum Gasteiger partial charge on any atom is 0.343 e. The van der Waals surface area contributed by atoms with E-state index in [2.05, 4.69) is 4.98 Å². The van der Waals surface area contributed by atoms with Crippen molar-refractivity contribution in [3.05, 3.63) is 34.5 Å². The SMILES string of the molecule is CCOC(=O)c1c(SC)nc(-c2ccccc2O)sc1=N. The molecule has 110 valence electrons. The zero-order valence-electron chi connectivity index (χ0n) is 11.5. The first-order valence-corrected chi connectivity index (χ1v) is 8.21. The lowest BCUT2D eigenvalue weighted by Crippen LogP contribution is -2.18. The third-order valence-corrected chi connectivity index (χ3v) is 4.25. The maximum absolute atomic E-state index is 11.9. The second-order valence-electron chi connectivity index (χ2n) is 3.97. The molecule has 0 spiro atoms. The highest BCUT2D eigenvalue weighted by Crippen LogP contribution is 2.31. The molecule has 0 saturated carbocycles. The van der Waals surface area contributed by atoms with Gasteiger partial charge in [-0.1, -0.05) is 23.5 Å². The van der Waals surface area contributed by atoms with Gasteiger partial charge in [0, 0.05) is 0 Å². The minimum atomic E-state index is -0.542. The number of carbonyl (C=O) groups is 1. The topological polar surface area (TPSA) is 83.3 Å². The molecule has 0 bridgehead atoms. The summed E-state index contributed by atoms with van der Waals surface area (Å²) in [7, 11) is 0. The van der Waals surface area contributed by atoms with Crippen LogP contribution >= 0.6 is 23.1 Å². The maximum atomic E-state index is 11.9. The number of hydrogen-bond donors (Lipinski definition) is 2. The van der Waals surface area contributed by atoms with Gasteiger partial charge in [0.2, 0.25) is 0 Å². The van der Waals surface area contributed by atoms with Gasteiger partial charge in [0.1, 0.15) is 26.0 Å². The summed E-state index contributed by atoms with van der Waals surface area (Å²) in [5, 5.41) is 18.9. The number of aromatic hydroxyl groups is 1. The van der Waals surface area contributed by atoms with Crippen molar-refractivity contribution >= 4 is 29.1 Å². The molecule has 1 aromatic carbocycles. The predicted octanol–water partition coefficient (Wildman–Crippen LogP) is 2.89. The molecular formula is C14H14N2O3S2. The molecule has 21 heavy (non-hydrogen) atoms. The molecule has 7 heteroatoms. The zero-order valence-corrected chi connectivity index (χ0v) is 13.2. The van der Waals surface area contributed by atoms with Crippen molar-refractivity contribution in [2.45, 2.75) is 11.9 Å². The minimum absolute atomic E-state index is 0.0750. The highest BCUT2D eigenvalue weighted by Gasteiger charge is 2.19. The summed E-state index contributed by atoms with van der Waals surface area (Å²) in [6, 6.07) is 6.78. The number of para-hydroxylation sites is 1. The summed E-state index contributed by atoms with van der Waals surface area (Å²) in [5.41, 5.74) is 0.718. The van der Waals surface area contributed by atoms with E-state index in [1.54, 1.807) is 37.4 Å². The number of rotatable bonds is 4. The highest BCUT2D eigenvalue weighted by molar-refractivity contribution is 7.98. The first-order chi connectivity index (χ1) is 10.1. The van der Waals surface area contributed by atoms with Gasteiger partial charge in [0.25, 0.3) is 0 Å². The number of nitrogens with zero attached hydrogens (tertiary/aromatic N) is 1. The third-order valence-electron chi connectivity index (χ3n) is 2.65. The van der Waals surface area contributed by atoms with Crippen LogP contribution in [0.15, 0.2) is 29.3 Å². The van der Waals surface area contributed by atoms with Crippen LogP contribution in [0.3, 0.4) is 0 Å². The Hall–Kier alpha value is -1.86. The third kappa shape index (κ3) is 3.25. The van der Waals surface area contributed by atoms with Gasteiger partial charge in [-0.3, -0.25) is 5.41 Å². The van der Waals surface area contributed by atoms with Crippen LogP contribution < -0.4 is 4.67 Å². The fraction of sp³-hybridized carbons (Fsp3) is 0.214. The number of ether oxygens (including phenoxy) is 1. The Morgan fingerprint density at radius 1 is 1.48 bits per heavy atom. The van der Waals surface area contributed by atoms with Crippen LogP contribution in [0, 0.1) is 5.41 Å². The molecule has 2 N–H and O–H groups in total. The lowest BCUT2D eigenvalue weighted by atomic mass is 10.2. The number of carbonyl (C=O) groups excluding carboxylic acids is 1. The first-order valence-electron chi connectivity index (χ1n) is 6.17. The van der Waals surface area contributed by atoms with Gasteiger partial charge in [-0.25, -0.2) is 9.78 Å². The molecule has 0 aliphatic heterocycles. The monoisotopic (exact) mass is 322 g/mol. The Morgan fingerprint density at radius 3 is 2.81 bits per heavy atom. The Bertz CT molecular complexity index is 728. The fourth-order valence-corrected chi connectivity index (χ4v) is 3.31. The van der Waals surface area contributed by atoms with E-state index < -0.39 is 5.97 Å². The molecule has 0 unspecified atom stereocenters. The molecule has 2 aromatic rings. The van der Waals surface area contributed by atoms with Crippen molar-refractivity contribution in [3.63, 3.8) is 0 Å². The van der Waals surface area contributed by atoms with Crippen molar-refractivity contribution in [3.8, 4) is 16.3 Å². The molecule has 0 aliphatic rings. The van der Waals surface area contributed by atoms with Crippen molar-refractivity contribution in [2.24, 2.45) is 0 Å². The largest absolute Gasteiger partial charge is 0.507 e. The van der Waals surface area contributed by atoms with Crippen LogP contribution in [0.25, 0.3) is 10.6 Å². The number of phenols is 1. The van der Waals surface area contributed by atoms with E-state index in [0.717, 1.165) is 11.3 Å². The molecule has 1 aromatic heterocycles. The van der Waals surface area contributed by atoms with Gasteiger partial charge < -0.3 is 9.84 Å². The average molecular weight is 322 g/mol. The van der Waals surface area contributed by atoms with Gasteiger partial charge in [-0.05, 0) is 25.3 Å². The number of phenolic OH excluding ortho intramolecular Hbond substituents is 1. The number of thioether (sulfide) groups is 1. The Kier molecular flexibility index (Phi) is 4.98. The van der Waals surface area contributed by atoms with Gasteiger partial charge in [-0.2, -0.15) is 0 Å². The van der Waals surface area contributed by atoms with Crippen LogP contribution in [0.1, 0.15) is 17.3 Å². The molecular weight excluding hydrogens is 308 g/mol. The van der Waals surface area contributed by atoms with E-state index in [1.807, 2.05) is 0 Å². The predicted molar refractivity (Wildman–Crippen MR) is 82.8 cm³/mol. The number of nitrogens with one attached hydrogen (secondary N) is 1. The van der Waals surface area contributed by atoms with E-state index in [4.69, 9.17) is 10.1 Å². The Morgan fingerprint density at radius 2 is 2.19 bits per heavy atom. The quantitative estimate of drug-likeness (QED) is 0.668. The summed E-state index contributed by atoms with van der Waals surface area (Å²) < 4.78 is 5.04. The van der Waals surface area contributed by atoms with Gasteiger partial charge >= 0.3 is 5.97 Å². The van der Waals surface area contributed by atoms with E-state index in [-0.39, 0.29) is 22.6 Å². The summed E-state index contributed by atoms with van der Waals surface area (Å²) >= 11 is 2.31. The second kappa shape index (κ2) is 6.73. The van der Waals surface area contributed by atoms with Gasteiger partial charge in [0.05, 0.1) is 12.2 Å². The van der Waals surface area contributed by atoms with Crippen LogP contribution in [0.2, 0.25) is 0 Å². The molecule has 2 rings (SSSR count). The number of esters is 1. The summed E-state index contributed by atoms with van der Waals surface area (Å²) in [4.78, 5) is 16.3. The smallest absolute Gasteiger partial charge is 0.343 e. The van der Waals surface area contributed by atoms with Crippen molar-refractivity contribution < 1.29 is 14.6 Å². The van der Waals surface area contributed by atoms with Gasteiger partial charge in [0.15, 0.2) is 0 Å². The van der Waals surface area contributed by atoms with Crippen LogP contribution in [-0.2, 0) is 4.74 Å². The fourth-order valence-electron chi connectivity index (χ4n) is 1.72. The molecule has 0 atom stereocenters. The summed E-state index contributed by atoms with van der Waals surface area (Å²) in [5.74, 6) is -0.448. The van der Waals surface area contributed by atoms with E-state index >= 15 is 0 Å². The summed E-state index contributed by atoms with van der Waals surface area (Å²) in [6.07, 6.45) is 1.78. The van der Waals surface area contributed by atoms with E-state index in [0.29, 0.717) is 15.6 Å².